The highest BCUT2D eigenvalue weighted by Crippen LogP contribution is 2.08. The molecule has 4 atom stereocenters. The minimum atomic E-state index is -1.29. The Balaban J connectivity index is 4.78. The van der Waals surface area contributed by atoms with Crippen LogP contribution in [0.15, 0.2) is 4.99 Å². The summed E-state index contributed by atoms with van der Waals surface area (Å²) in [5.41, 5.74) is 15.8. The Hall–Kier alpha value is -2.40. The van der Waals surface area contributed by atoms with E-state index in [0.29, 0.717) is 6.42 Å². The second kappa shape index (κ2) is 11.2. The second-order valence-corrected chi connectivity index (χ2v) is 5.75. The van der Waals surface area contributed by atoms with Gasteiger partial charge in [0, 0.05) is 6.54 Å². The molecule has 0 aromatic rings. The number of amides is 2. The third kappa shape index (κ3) is 10.1. The van der Waals surface area contributed by atoms with Gasteiger partial charge in [-0.15, -0.1) is 0 Å². The van der Waals surface area contributed by atoms with Gasteiger partial charge in [0.2, 0.25) is 11.8 Å². The molecule has 11 nitrogen and oxygen atoms in total. The summed E-state index contributed by atoms with van der Waals surface area (Å²) in [6.45, 7) is 3.20. The number of rotatable bonds is 11. The molecule has 0 fully saturated rings. The van der Waals surface area contributed by atoms with E-state index in [1.807, 2.05) is 0 Å². The first-order valence-corrected chi connectivity index (χ1v) is 7.86. The van der Waals surface area contributed by atoms with Crippen LogP contribution in [-0.2, 0) is 14.4 Å². The summed E-state index contributed by atoms with van der Waals surface area (Å²) >= 11 is 0. The lowest BCUT2D eigenvalue weighted by molar-refractivity contribution is -0.140. The summed E-state index contributed by atoms with van der Waals surface area (Å²) in [7, 11) is 0. The van der Waals surface area contributed by atoms with Crippen LogP contribution < -0.4 is 27.8 Å². The van der Waals surface area contributed by atoms with Crippen LogP contribution in [0, 0.1) is 0 Å². The van der Waals surface area contributed by atoms with Crippen molar-refractivity contribution in [3.63, 3.8) is 0 Å². The molecule has 0 aliphatic heterocycles. The molecule has 0 saturated carbocycles. The number of aliphatic hydroxyl groups excluding tert-OH is 1. The number of aliphatic imine (C=N–C) groups is 1. The number of nitrogens with zero attached hydrogens (tertiary/aromatic N) is 1. The number of carboxylic acid groups (broad SMARTS) is 1. The minimum Gasteiger partial charge on any atom is -0.481 e. The van der Waals surface area contributed by atoms with E-state index < -0.39 is 48.4 Å². The molecule has 0 spiro atoms. The predicted molar refractivity (Wildman–Crippen MR) is 91.4 cm³/mol. The van der Waals surface area contributed by atoms with E-state index in [-0.39, 0.29) is 18.9 Å². The van der Waals surface area contributed by atoms with Gasteiger partial charge in [0.15, 0.2) is 5.96 Å². The second-order valence-electron chi connectivity index (χ2n) is 5.75. The first-order chi connectivity index (χ1) is 11.5. The average molecular weight is 360 g/mol. The van der Waals surface area contributed by atoms with Gasteiger partial charge in [-0.2, -0.15) is 0 Å². The molecule has 0 saturated heterocycles. The van der Waals surface area contributed by atoms with E-state index >= 15 is 0 Å². The average Bonchev–Trinajstić information content (AvgIpc) is 2.48. The van der Waals surface area contributed by atoms with Gasteiger partial charge in [-0.05, 0) is 26.7 Å². The molecule has 144 valence electrons. The third-order valence-electron chi connectivity index (χ3n) is 3.31. The first-order valence-electron chi connectivity index (χ1n) is 7.86. The van der Waals surface area contributed by atoms with Crippen molar-refractivity contribution in [2.45, 2.75) is 57.3 Å². The van der Waals surface area contributed by atoms with E-state index in [1.165, 1.54) is 13.8 Å². The summed E-state index contributed by atoms with van der Waals surface area (Å²) < 4.78 is 0. The number of nitrogens with one attached hydrogen (secondary N) is 2. The molecule has 11 heteroatoms. The van der Waals surface area contributed by atoms with Gasteiger partial charge in [-0.1, -0.05) is 0 Å². The van der Waals surface area contributed by atoms with Crippen LogP contribution in [0.1, 0.15) is 33.1 Å². The van der Waals surface area contributed by atoms with Crippen molar-refractivity contribution >= 4 is 23.7 Å². The van der Waals surface area contributed by atoms with E-state index in [2.05, 4.69) is 15.6 Å². The van der Waals surface area contributed by atoms with E-state index in [0.717, 1.165) is 0 Å². The Bertz CT molecular complexity index is 492. The summed E-state index contributed by atoms with van der Waals surface area (Å²) in [6, 6.07) is -2.49. The zero-order valence-corrected chi connectivity index (χ0v) is 14.4. The van der Waals surface area contributed by atoms with Crippen molar-refractivity contribution in [2.75, 3.05) is 6.54 Å². The number of carbonyl (C=O) groups is 3. The molecule has 2 unspecified atom stereocenters. The van der Waals surface area contributed by atoms with Crippen LogP contribution >= 0.6 is 0 Å². The predicted octanol–water partition coefficient (Wildman–Crippen LogP) is -2.79. The lowest BCUT2D eigenvalue weighted by Crippen LogP contribution is -2.53. The molecular formula is C14H28N6O5. The lowest BCUT2D eigenvalue weighted by Gasteiger charge is -2.25. The molecule has 10 N–H and O–H groups in total. The topological polar surface area (TPSA) is 206 Å². The Morgan fingerprint density at radius 3 is 2.20 bits per heavy atom. The number of aliphatic carboxylic acids is 1. The summed E-state index contributed by atoms with van der Waals surface area (Å²) in [5.74, 6) is -2.35. The van der Waals surface area contributed by atoms with Crippen molar-refractivity contribution in [3.8, 4) is 0 Å². The molecule has 0 heterocycles. The first kappa shape index (κ1) is 22.6. The Kier molecular flexibility index (Phi) is 10.1. The zero-order chi connectivity index (χ0) is 19.6. The fourth-order valence-electron chi connectivity index (χ4n) is 1.92. The fourth-order valence-corrected chi connectivity index (χ4v) is 1.92. The number of hydrogen-bond donors (Lipinski definition) is 7. The maximum Gasteiger partial charge on any atom is 0.306 e. The van der Waals surface area contributed by atoms with Gasteiger partial charge in [-0.25, -0.2) is 0 Å². The SMILES string of the molecule is C[C@H](N)C(=O)N[C@@H](C)C(=O)NC(CCCN=C(N)N)C(O)CC(=O)O. The minimum absolute atomic E-state index is 0.0843. The van der Waals surface area contributed by atoms with Crippen LogP contribution in [-0.4, -0.2) is 64.7 Å². The van der Waals surface area contributed by atoms with Crippen molar-refractivity contribution in [2.24, 2.45) is 22.2 Å². The van der Waals surface area contributed by atoms with Crippen LogP contribution in [0.5, 0.6) is 0 Å². The zero-order valence-electron chi connectivity index (χ0n) is 14.4. The molecule has 0 radical (unpaired) electrons. The highest BCUT2D eigenvalue weighted by atomic mass is 16.4. The molecule has 0 aromatic heterocycles. The van der Waals surface area contributed by atoms with Gasteiger partial charge in [0.25, 0.3) is 0 Å². The Labute approximate surface area is 146 Å². The number of guanidine groups is 1. The summed E-state index contributed by atoms with van der Waals surface area (Å²) in [6.07, 6.45) is -1.16. The highest BCUT2D eigenvalue weighted by molar-refractivity contribution is 5.89. The molecule has 0 bridgehead atoms. The molecule has 2 amide bonds. The smallest absolute Gasteiger partial charge is 0.306 e. The number of nitrogens with two attached hydrogens (primary N) is 3. The van der Waals surface area contributed by atoms with Crippen LogP contribution in [0.4, 0.5) is 0 Å². The number of carboxylic acids is 1. The molecular weight excluding hydrogens is 332 g/mol. The van der Waals surface area contributed by atoms with Gasteiger partial charge in [0.05, 0.1) is 24.6 Å². The maximum atomic E-state index is 12.1. The quantitative estimate of drug-likeness (QED) is 0.116. The standard InChI is InChI=1S/C14H28N6O5/c1-7(15)12(24)19-8(2)13(25)20-9(10(21)6-11(22)23)4-3-5-18-14(16)17/h7-10,21H,3-6,15H2,1-2H3,(H,19,24)(H,20,25)(H,22,23)(H4,16,17,18)/t7-,8-,9?,10?/m0/s1. The van der Waals surface area contributed by atoms with Gasteiger partial charge >= 0.3 is 5.97 Å². The maximum absolute atomic E-state index is 12.1. The molecule has 0 aliphatic carbocycles. The normalized spacial score (nSPS) is 15.4. The van der Waals surface area contributed by atoms with E-state index in [9.17, 15) is 19.5 Å². The number of aliphatic hydroxyl groups is 1. The fraction of sp³-hybridized carbons (Fsp3) is 0.714. The number of hydrogen-bond acceptors (Lipinski definition) is 6. The highest BCUT2D eigenvalue weighted by Gasteiger charge is 2.26. The summed E-state index contributed by atoms with van der Waals surface area (Å²) in [4.78, 5) is 38.2. The van der Waals surface area contributed by atoms with Crippen molar-refractivity contribution in [1.82, 2.24) is 10.6 Å². The van der Waals surface area contributed by atoms with Crippen molar-refractivity contribution in [3.05, 3.63) is 0 Å². The monoisotopic (exact) mass is 360 g/mol. The van der Waals surface area contributed by atoms with Gasteiger partial charge < -0.3 is 38.0 Å². The van der Waals surface area contributed by atoms with Crippen molar-refractivity contribution < 1.29 is 24.6 Å². The van der Waals surface area contributed by atoms with Crippen molar-refractivity contribution in [1.29, 1.82) is 0 Å². The van der Waals surface area contributed by atoms with Crippen LogP contribution in [0.3, 0.4) is 0 Å². The van der Waals surface area contributed by atoms with Gasteiger partial charge in [0.1, 0.15) is 6.04 Å². The van der Waals surface area contributed by atoms with E-state index in [4.69, 9.17) is 22.3 Å². The molecule has 0 aliphatic rings. The molecule has 0 rings (SSSR count). The number of carbonyl (C=O) groups excluding carboxylic acids is 2. The van der Waals surface area contributed by atoms with Gasteiger partial charge in [-0.3, -0.25) is 19.4 Å². The van der Waals surface area contributed by atoms with E-state index in [1.54, 1.807) is 0 Å². The lowest BCUT2D eigenvalue weighted by atomic mass is 10.0. The molecule has 25 heavy (non-hydrogen) atoms. The van der Waals surface area contributed by atoms with Crippen LogP contribution in [0.25, 0.3) is 0 Å². The largest absolute Gasteiger partial charge is 0.481 e. The van der Waals surface area contributed by atoms with Crippen LogP contribution in [0.2, 0.25) is 0 Å². The third-order valence-corrected chi connectivity index (χ3v) is 3.31. The Morgan fingerprint density at radius 1 is 1.12 bits per heavy atom. The summed E-state index contributed by atoms with van der Waals surface area (Å²) in [5, 5.41) is 23.8. The molecule has 0 aromatic carbocycles. The Morgan fingerprint density at radius 2 is 1.72 bits per heavy atom.